The number of fused-ring (bicyclic) bond motifs is 1. The van der Waals surface area contributed by atoms with Crippen molar-refractivity contribution in [3.63, 3.8) is 0 Å². The van der Waals surface area contributed by atoms with Crippen LogP contribution < -0.4 is 10.6 Å². The van der Waals surface area contributed by atoms with Crippen LogP contribution in [0.2, 0.25) is 0 Å². The van der Waals surface area contributed by atoms with Crippen molar-refractivity contribution in [3.8, 4) is 0 Å². The first kappa shape index (κ1) is 42.1. The molecular weight excluding hydrogens is 710 g/mol. The first-order valence-electron chi connectivity index (χ1n) is 17.8. The summed E-state index contributed by atoms with van der Waals surface area (Å²) < 4.78 is 43.1. The maximum absolute atomic E-state index is 13.1. The lowest BCUT2D eigenvalue weighted by Crippen LogP contribution is -2.54. The second kappa shape index (κ2) is 23.9. The van der Waals surface area contributed by atoms with E-state index in [0.29, 0.717) is 98.1 Å². The zero-order valence-corrected chi connectivity index (χ0v) is 30.1. The molecule has 4 rings (SSSR count). The van der Waals surface area contributed by atoms with Gasteiger partial charge in [-0.25, -0.2) is 4.79 Å². The fourth-order valence-electron chi connectivity index (χ4n) is 5.31. The van der Waals surface area contributed by atoms with E-state index >= 15 is 0 Å². The number of benzene rings is 2. The van der Waals surface area contributed by atoms with E-state index in [2.05, 4.69) is 10.6 Å². The van der Waals surface area contributed by atoms with Gasteiger partial charge >= 0.3 is 5.97 Å². The van der Waals surface area contributed by atoms with Gasteiger partial charge in [0.15, 0.2) is 0 Å². The highest BCUT2D eigenvalue weighted by molar-refractivity contribution is 6.40. The van der Waals surface area contributed by atoms with Crippen LogP contribution in [0.3, 0.4) is 0 Å². The highest BCUT2D eigenvalue weighted by atomic mass is 16.6. The summed E-state index contributed by atoms with van der Waals surface area (Å²) in [6.45, 7) is 5.51. The molecule has 2 N–H and O–H groups in total. The third kappa shape index (κ3) is 13.7. The van der Waals surface area contributed by atoms with Crippen molar-refractivity contribution in [1.29, 1.82) is 0 Å². The van der Waals surface area contributed by atoms with Crippen LogP contribution in [0.15, 0.2) is 48.5 Å². The summed E-state index contributed by atoms with van der Waals surface area (Å²) in [7, 11) is 0. The Morgan fingerprint density at radius 3 is 1.69 bits per heavy atom. The summed E-state index contributed by atoms with van der Waals surface area (Å²) in [5.41, 5.74) is 1.16. The Labute approximate surface area is 312 Å². The maximum atomic E-state index is 13.1. The van der Waals surface area contributed by atoms with E-state index < -0.39 is 41.4 Å². The average molecular weight is 758 g/mol. The predicted molar refractivity (Wildman–Crippen MR) is 189 cm³/mol. The first-order chi connectivity index (χ1) is 26.4. The monoisotopic (exact) mass is 757 g/mol. The van der Waals surface area contributed by atoms with Crippen molar-refractivity contribution in [2.24, 2.45) is 0 Å². The number of nitrogens with one attached hydrogen (secondary N) is 2. The molecule has 0 aliphatic carbocycles. The minimum absolute atomic E-state index is 0.0224. The molecule has 1 fully saturated rings. The van der Waals surface area contributed by atoms with E-state index in [1.807, 2.05) is 0 Å². The Bertz CT molecular complexity index is 1540. The van der Waals surface area contributed by atoms with Crippen molar-refractivity contribution in [2.45, 2.75) is 18.9 Å². The van der Waals surface area contributed by atoms with Gasteiger partial charge in [-0.15, -0.1) is 0 Å². The second-order valence-electron chi connectivity index (χ2n) is 11.7. The number of nitrogens with zero attached hydrogens (tertiary/aromatic N) is 1. The molecule has 2 aromatic carbocycles. The summed E-state index contributed by atoms with van der Waals surface area (Å²) in [5, 5.41) is 5.31. The Balaban J connectivity index is 0.876. The molecule has 294 valence electrons. The number of amides is 4. The number of carbonyl (C=O) groups is 6. The van der Waals surface area contributed by atoms with Crippen molar-refractivity contribution in [1.82, 2.24) is 10.2 Å². The van der Waals surface area contributed by atoms with Crippen LogP contribution >= 0.6 is 0 Å². The molecule has 17 nitrogen and oxygen atoms in total. The van der Waals surface area contributed by atoms with Crippen LogP contribution in [-0.2, 0) is 52.3 Å². The number of ether oxygens (including phenoxy) is 8. The van der Waals surface area contributed by atoms with Crippen molar-refractivity contribution in [3.05, 3.63) is 65.2 Å². The van der Waals surface area contributed by atoms with Crippen LogP contribution in [0, 0.1) is 0 Å². The average Bonchev–Trinajstić information content (AvgIpc) is 3.43. The van der Waals surface area contributed by atoms with Gasteiger partial charge in [0.2, 0.25) is 11.8 Å². The number of anilines is 1. The summed E-state index contributed by atoms with van der Waals surface area (Å²) in [6, 6.07) is 12.1. The minimum atomic E-state index is -1.02. The zero-order chi connectivity index (χ0) is 38.4. The number of piperidine rings is 1. The van der Waals surface area contributed by atoms with Crippen LogP contribution in [0.25, 0.3) is 0 Å². The van der Waals surface area contributed by atoms with E-state index in [-0.39, 0.29) is 42.7 Å². The number of hydrogen-bond donors (Lipinski definition) is 2. The predicted octanol–water partition coefficient (Wildman–Crippen LogP) is 1.04. The van der Waals surface area contributed by atoms with Crippen molar-refractivity contribution < 1.29 is 66.7 Å². The largest absolute Gasteiger partial charge is 0.457 e. The number of esters is 1. The maximum Gasteiger partial charge on any atom is 0.379 e. The normalized spacial score (nSPS) is 15.3. The number of rotatable bonds is 28. The molecule has 0 radical (unpaired) electrons. The van der Waals surface area contributed by atoms with Gasteiger partial charge in [0, 0.05) is 24.2 Å². The smallest absolute Gasteiger partial charge is 0.379 e. The lowest BCUT2D eigenvalue weighted by molar-refractivity contribution is -0.140. The molecule has 1 unspecified atom stereocenters. The van der Waals surface area contributed by atoms with Crippen LogP contribution in [0.5, 0.6) is 0 Å². The van der Waals surface area contributed by atoms with Crippen molar-refractivity contribution in [2.75, 3.05) is 111 Å². The van der Waals surface area contributed by atoms with Gasteiger partial charge in [0.1, 0.15) is 12.6 Å². The molecule has 1 saturated heterocycles. The second-order valence-corrected chi connectivity index (χ2v) is 11.7. The molecule has 2 aromatic rings. The SMILES string of the molecule is O=C1CCC(N2C(=O)c3cccc(NCCOCCOCCOCCOCCOCCOCCOCCOC(=O)C(=O)c4ccccc4)c3C2=O)C(=O)N1. The Morgan fingerprint density at radius 2 is 1.15 bits per heavy atom. The van der Waals surface area contributed by atoms with E-state index in [0.717, 1.165) is 4.90 Å². The number of hydrogen-bond acceptors (Lipinski definition) is 15. The van der Waals surface area contributed by atoms with Gasteiger partial charge in [-0.2, -0.15) is 0 Å². The highest BCUT2D eigenvalue weighted by Gasteiger charge is 2.45. The highest BCUT2D eigenvalue weighted by Crippen LogP contribution is 2.32. The number of Topliss-reactive ketones (excluding diaryl/α,β-unsaturated/α-hetero) is 1. The molecule has 2 heterocycles. The van der Waals surface area contributed by atoms with Crippen molar-refractivity contribution >= 4 is 41.1 Å². The lowest BCUT2D eigenvalue weighted by atomic mass is 10.0. The van der Waals surface area contributed by atoms with Crippen LogP contribution in [0.1, 0.15) is 43.9 Å². The standard InChI is InChI=1S/C37H47N3O14/c41-31-10-9-30(34(43)39-31)40-35(44)28-7-4-8-29(32(28)36(40)45)38-11-12-47-13-14-48-15-16-49-17-18-50-19-20-51-21-22-52-23-24-53-25-26-54-37(46)33(42)27-5-2-1-3-6-27/h1-8,30,38H,9-26H2,(H,39,41,43). The molecule has 0 bridgehead atoms. The van der Waals surface area contributed by atoms with E-state index in [1.165, 1.54) is 0 Å². The molecule has 0 saturated carbocycles. The number of ketones is 1. The fraction of sp³-hybridized carbons (Fsp3) is 0.514. The van der Waals surface area contributed by atoms with Crippen LogP contribution in [0.4, 0.5) is 5.69 Å². The molecular formula is C37H47N3O14. The summed E-state index contributed by atoms with van der Waals surface area (Å²) >= 11 is 0. The van der Waals surface area contributed by atoms with Gasteiger partial charge in [-0.05, 0) is 18.6 Å². The zero-order valence-electron chi connectivity index (χ0n) is 30.1. The summed E-state index contributed by atoms with van der Waals surface area (Å²) in [6.07, 6.45) is 0.155. The third-order valence-corrected chi connectivity index (χ3v) is 7.94. The molecule has 17 heteroatoms. The quantitative estimate of drug-likeness (QED) is 0.0410. The molecule has 2 aliphatic rings. The van der Waals surface area contributed by atoms with Gasteiger partial charge in [0.25, 0.3) is 17.6 Å². The molecule has 4 amide bonds. The fourth-order valence-corrected chi connectivity index (χ4v) is 5.31. The Morgan fingerprint density at radius 1 is 0.630 bits per heavy atom. The minimum Gasteiger partial charge on any atom is -0.457 e. The van der Waals surface area contributed by atoms with Gasteiger partial charge in [-0.1, -0.05) is 36.4 Å². The van der Waals surface area contributed by atoms with Gasteiger partial charge < -0.3 is 43.2 Å². The van der Waals surface area contributed by atoms with Gasteiger partial charge in [0.05, 0.1) is 104 Å². The Hall–Kier alpha value is -4.62. The van der Waals surface area contributed by atoms with E-state index in [9.17, 15) is 28.8 Å². The van der Waals surface area contributed by atoms with E-state index in [4.69, 9.17) is 37.9 Å². The third-order valence-electron chi connectivity index (χ3n) is 7.94. The summed E-state index contributed by atoms with van der Waals surface area (Å²) in [5.74, 6) is -3.80. The van der Waals surface area contributed by atoms with E-state index in [1.54, 1.807) is 48.5 Å². The van der Waals surface area contributed by atoms with Gasteiger partial charge in [-0.3, -0.25) is 34.2 Å². The topological polar surface area (TPSA) is 204 Å². The number of carbonyl (C=O) groups excluding carboxylic acids is 6. The number of imide groups is 2. The molecule has 1 atom stereocenters. The molecule has 54 heavy (non-hydrogen) atoms. The lowest BCUT2D eigenvalue weighted by Gasteiger charge is -2.27. The Kier molecular flexibility index (Phi) is 18.7. The van der Waals surface area contributed by atoms with Crippen LogP contribution in [-0.4, -0.2) is 152 Å². The first-order valence-corrected chi connectivity index (χ1v) is 17.8. The molecule has 2 aliphatic heterocycles. The summed E-state index contributed by atoms with van der Waals surface area (Å²) in [4.78, 5) is 74.5. The molecule has 0 spiro atoms. The molecule has 0 aromatic heterocycles.